The predicted octanol–water partition coefficient (Wildman–Crippen LogP) is 2.90. The van der Waals surface area contributed by atoms with Crippen molar-refractivity contribution in [3.05, 3.63) is 33.4 Å². The van der Waals surface area contributed by atoms with E-state index in [1.165, 1.54) is 3.57 Å². The maximum Gasteiger partial charge on any atom is 0.195 e. The van der Waals surface area contributed by atoms with E-state index in [0.29, 0.717) is 13.2 Å². The molecule has 0 bridgehead atoms. The fraction of sp³-hybridized carbons (Fsp3) is 0.455. The van der Waals surface area contributed by atoms with E-state index in [1.807, 2.05) is 12.1 Å². The van der Waals surface area contributed by atoms with Crippen LogP contribution in [-0.2, 0) is 15.3 Å². The van der Waals surface area contributed by atoms with Gasteiger partial charge in [-0.15, -0.1) is 0 Å². The van der Waals surface area contributed by atoms with Crippen LogP contribution in [0.4, 0.5) is 0 Å². The first-order chi connectivity index (χ1) is 6.78. The van der Waals surface area contributed by atoms with Crippen molar-refractivity contribution < 1.29 is 9.47 Å². The van der Waals surface area contributed by atoms with Gasteiger partial charge in [0.15, 0.2) is 5.79 Å². The lowest BCUT2D eigenvalue weighted by atomic mass is 10.0. The molecular weight excluding hydrogens is 291 g/mol. The largest absolute Gasteiger partial charge is 0.343 e. The predicted molar refractivity (Wildman–Crippen MR) is 63.0 cm³/mol. The maximum absolute atomic E-state index is 5.73. The van der Waals surface area contributed by atoms with Gasteiger partial charge in [0.25, 0.3) is 0 Å². The van der Waals surface area contributed by atoms with Gasteiger partial charge in [-0.1, -0.05) is 25.1 Å². The molecule has 0 aromatic heterocycles. The Hall–Kier alpha value is -0.130. The molecular formula is C11H13IO2. The van der Waals surface area contributed by atoms with Crippen LogP contribution in [0.1, 0.15) is 18.9 Å². The van der Waals surface area contributed by atoms with Crippen molar-refractivity contribution in [2.24, 2.45) is 0 Å². The number of benzene rings is 1. The molecule has 1 saturated heterocycles. The Morgan fingerprint density at radius 3 is 2.50 bits per heavy atom. The summed E-state index contributed by atoms with van der Waals surface area (Å²) >= 11 is 2.32. The molecule has 1 aliphatic rings. The van der Waals surface area contributed by atoms with Crippen molar-refractivity contribution >= 4 is 22.6 Å². The fourth-order valence-corrected chi connectivity index (χ4v) is 2.57. The van der Waals surface area contributed by atoms with Crippen LogP contribution in [0.15, 0.2) is 24.3 Å². The monoisotopic (exact) mass is 304 g/mol. The highest BCUT2D eigenvalue weighted by molar-refractivity contribution is 14.1. The third kappa shape index (κ3) is 1.68. The highest BCUT2D eigenvalue weighted by Crippen LogP contribution is 2.36. The molecule has 1 aromatic carbocycles. The van der Waals surface area contributed by atoms with Gasteiger partial charge >= 0.3 is 0 Å². The minimum absolute atomic E-state index is 0.488. The lowest BCUT2D eigenvalue weighted by molar-refractivity contribution is -0.168. The van der Waals surface area contributed by atoms with Gasteiger partial charge in [0, 0.05) is 15.6 Å². The maximum atomic E-state index is 5.73. The second kappa shape index (κ2) is 4.16. The smallest absolute Gasteiger partial charge is 0.195 e. The average molecular weight is 304 g/mol. The van der Waals surface area contributed by atoms with E-state index < -0.39 is 5.79 Å². The summed E-state index contributed by atoms with van der Waals surface area (Å²) in [5, 5.41) is 0. The van der Waals surface area contributed by atoms with Crippen molar-refractivity contribution in [3.8, 4) is 0 Å². The van der Waals surface area contributed by atoms with E-state index in [9.17, 15) is 0 Å². The summed E-state index contributed by atoms with van der Waals surface area (Å²) in [4.78, 5) is 0. The lowest BCUT2D eigenvalue weighted by Crippen LogP contribution is -2.27. The topological polar surface area (TPSA) is 18.5 Å². The van der Waals surface area contributed by atoms with Crippen molar-refractivity contribution in [2.75, 3.05) is 13.2 Å². The molecule has 3 heteroatoms. The third-order valence-electron chi connectivity index (χ3n) is 2.50. The number of halogens is 1. The Morgan fingerprint density at radius 2 is 1.93 bits per heavy atom. The van der Waals surface area contributed by atoms with Gasteiger partial charge in [-0.2, -0.15) is 0 Å². The van der Waals surface area contributed by atoms with Gasteiger partial charge in [-0.25, -0.2) is 0 Å². The number of ether oxygens (including phenoxy) is 2. The molecule has 1 heterocycles. The molecule has 1 fully saturated rings. The first-order valence-corrected chi connectivity index (χ1v) is 5.89. The van der Waals surface area contributed by atoms with Crippen molar-refractivity contribution in [2.45, 2.75) is 19.1 Å². The van der Waals surface area contributed by atoms with Gasteiger partial charge in [-0.05, 0) is 28.7 Å². The van der Waals surface area contributed by atoms with Gasteiger partial charge in [0.2, 0.25) is 0 Å². The first kappa shape index (κ1) is 10.4. The van der Waals surface area contributed by atoms with Crippen LogP contribution in [0.3, 0.4) is 0 Å². The summed E-state index contributed by atoms with van der Waals surface area (Å²) in [6.07, 6.45) is 0.854. The van der Waals surface area contributed by atoms with Gasteiger partial charge in [0.1, 0.15) is 0 Å². The van der Waals surface area contributed by atoms with Crippen LogP contribution in [0, 0.1) is 3.57 Å². The lowest BCUT2D eigenvalue weighted by Gasteiger charge is -2.27. The highest BCUT2D eigenvalue weighted by Gasteiger charge is 2.37. The Kier molecular flexibility index (Phi) is 3.09. The van der Waals surface area contributed by atoms with Gasteiger partial charge in [0.05, 0.1) is 13.2 Å². The van der Waals surface area contributed by atoms with Gasteiger partial charge < -0.3 is 9.47 Å². The summed E-state index contributed by atoms with van der Waals surface area (Å²) < 4.78 is 12.7. The summed E-state index contributed by atoms with van der Waals surface area (Å²) in [7, 11) is 0. The Labute approximate surface area is 97.7 Å². The molecule has 2 nitrogen and oxygen atoms in total. The van der Waals surface area contributed by atoms with Crippen LogP contribution < -0.4 is 0 Å². The molecule has 0 unspecified atom stereocenters. The Bertz CT molecular complexity index is 319. The summed E-state index contributed by atoms with van der Waals surface area (Å²) in [6.45, 7) is 3.48. The van der Waals surface area contributed by atoms with E-state index >= 15 is 0 Å². The van der Waals surface area contributed by atoms with Crippen LogP contribution in [0.5, 0.6) is 0 Å². The second-order valence-corrected chi connectivity index (χ2v) is 4.45. The molecule has 0 aliphatic carbocycles. The van der Waals surface area contributed by atoms with Crippen molar-refractivity contribution in [1.82, 2.24) is 0 Å². The summed E-state index contributed by atoms with van der Waals surface area (Å²) in [5.41, 5.74) is 1.15. The van der Waals surface area contributed by atoms with Crippen LogP contribution in [0.25, 0.3) is 0 Å². The van der Waals surface area contributed by atoms with E-state index in [4.69, 9.17) is 9.47 Å². The minimum atomic E-state index is -0.488. The third-order valence-corrected chi connectivity index (χ3v) is 3.44. The molecule has 2 rings (SSSR count). The zero-order valence-corrected chi connectivity index (χ0v) is 10.3. The molecule has 1 aliphatic heterocycles. The Morgan fingerprint density at radius 1 is 1.29 bits per heavy atom. The van der Waals surface area contributed by atoms with E-state index in [2.05, 4.69) is 41.6 Å². The molecule has 0 atom stereocenters. The van der Waals surface area contributed by atoms with Gasteiger partial charge in [-0.3, -0.25) is 0 Å². The average Bonchev–Trinajstić information content (AvgIpc) is 2.68. The Balaban J connectivity index is 2.41. The fourth-order valence-electron chi connectivity index (χ4n) is 1.77. The van der Waals surface area contributed by atoms with Crippen molar-refractivity contribution in [3.63, 3.8) is 0 Å². The quantitative estimate of drug-likeness (QED) is 0.782. The molecule has 76 valence electrons. The number of hydrogen-bond donors (Lipinski definition) is 0. The number of rotatable bonds is 2. The first-order valence-electron chi connectivity index (χ1n) is 4.81. The van der Waals surface area contributed by atoms with E-state index in [-0.39, 0.29) is 0 Å². The normalized spacial score (nSPS) is 19.9. The zero-order valence-electron chi connectivity index (χ0n) is 8.13. The molecule has 0 saturated carbocycles. The minimum Gasteiger partial charge on any atom is -0.343 e. The van der Waals surface area contributed by atoms with Crippen LogP contribution >= 0.6 is 22.6 Å². The van der Waals surface area contributed by atoms with E-state index in [1.54, 1.807) is 0 Å². The summed E-state index contributed by atoms with van der Waals surface area (Å²) in [5.74, 6) is -0.488. The molecule has 0 spiro atoms. The van der Waals surface area contributed by atoms with E-state index in [0.717, 1.165) is 12.0 Å². The second-order valence-electron chi connectivity index (χ2n) is 3.28. The van der Waals surface area contributed by atoms with Crippen LogP contribution in [-0.4, -0.2) is 13.2 Å². The molecule has 0 N–H and O–H groups in total. The molecule has 1 aromatic rings. The molecule has 0 amide bonds. The SMILES string of the molecule is CCC1(c2ccccc2I)OCCO1. The molecule has 14 heavy (non-hydrogen) atoms. The zero-order chi connectivity index (χ0) is 10.0. The molecule has 0 radical (unpaired) electrons. The van der Waals surface area contributed by atoms with Crippen molar-refractivity contribution in [1.29, 1.82) is 0 Å². The standard InChI is InChI=1S/C11H13IO2/c1-2-11(13-7-8-14-11)9-5-3-4-6-10(9)12/h3-6H,2,7-8H2,1H3. The highest BCUT2D eigenvalue weighted by atomic mass is 127. The number of hydrogen-bond acceptors (Lipinski definition) is 2. The summed E-state index contributed by atoms with van der Waals surface area (Å²) in [6, 6.07) is 8.22. The van der Waals surface area contributed by atoms with Crippen LogP contribution in [0.2, 0.25) is 0 Å².